The Bertz CT molecular complexity index is 1130. The second-order valence-electron chi connectivity index (χ2n) is 16.0. The first-order valence-electron chi connectivity index (χ1n) is 14.2. The number of phenols is 2. The standard InChI is InChI=1S/C35H54N2O2/c1-31(2,3)25-15-23(29(38)27(17-25)33(7,8)9)19-36-21-35(13,14)22-37-20-24-16-26(32(4,5)6)18-28(30(24)39)34(10,11)12/h15-20,38-39H,21-22H2,1-14H3. The van der Waals surface area contributed by atoms with Gasteiger partial charge >= 0.3 is 0 Å². The summed E-state index contributed by atoms with van der Waals surface area (Å²) < 4.78 is 0. The van der Waals surface area contributed by atoms with E-state index in [4.69, 9.17) is 9.98 Å². The van der Waals surface area contributed by atoms with Gasteiger partial charge in [-0.15, -0.1) is 0 Å². The summed E-state index contributed by atoms with van der Waals surface area (Å²) in [6.45, 7) is 31.3. The predicted octanol–water partition coefficient (Wildman–Crippen LogP) is 8.85. The van der Waals surface area contributed by atoms with Gasteiger partial charge in [-0.25, -0.2) is 0 Å². The van der Waals surface area contributed by atoms with Crippen molar-refractivity contribution >= 4 is 12.4 Å². The Kier molecular flexibility index (Phi) is 9.28. The summed E-state index contributed by atoms with van der Waals surface area (Å²) in [5, 5.41) is 22.1. The van der Waals surface area contributed by atoms with Crippen molar-refractivity contribution in [1.82, 2.24) is 0 Å². The molecule has 39 heavy (non-hydrogen) atoms. The van der Waals surface area contributed by atoms with Gasteiger partial charge in [0.05, 0.1) is 0 Å². The quantitative estimate of drug-likeness (QED) is 0.364. The molecule has 0 aliphatic heterocycles. The molecule has 2 N–H and O–H groups in total. The van der Waals surface area contributed by atoms with Crippen molar-refractivity contribution in [2.24, 2.45) is 15.4 Å². The summed E-state index contributed by atoms with van der Waals surface area (Å²) in [5.41, 5.74) is 5.14. The molecule has 2 aromatic rings. The first-order chi connectivity index (χ1) is 17.4. The van der Waals surface area contributed by atoms with Gasteiger partial charge in [-0.1, -0.05) is 109 Å². The minimum Gasteiger partial charge on any atom is -0.507 e. The van der Waals surface area contributed by atoms with E-state index in [1.54, 1.807) is 12.4 Å². The Morgan fingerprint density at radius 2 is 0.821 bits per heavy atom. The molecule has 0 saturated carbocycles. The number of hydrogen-bond donors (Lipinski definition) is 2. The van der Waals surface area contributed by atoms with Crippen LogP contribution in [0.1, 0.15) is 130 Å². The van der Waals surface area contributed by atoms with Crippen LogP contribution in [0.15, 0.2) is 34.3 Å². The number of nitrogens with zero attached hydrogens (tertiary/aromatic N) is 2. The molecule has 4 heteroatoms. The lowest BCUT2D eigenvalue weighted by atomic mass is 9.79. The number of hydrogen-bond acceptors (Lipinski definition) is 4. The van der Waals surface area contributed by atoms with Gasteiger partial charge in [-0.3, -0.25) is 9.98 Å². The SMILES string of the molecule is CC(C)(CN=Cc1cc(C(C)(C)C)cc(C(C)(C)C)c1O)CN=Cc1cc(C(C)(C)C)cc(C(C)(C)C)c1O. The predicted molar refractivity (Wildman–Crippen MR) is 170 cm³/mol. The van der Waals surface area contributed by atoms with Crippen LogP contribution in [0, 0.1) is 5.41 Å². The van der Waals surface area contributed by atoms with Gasteiger partial charge in [-0.05, 0) is 44.9 Å². The molecule has 2 aromatic carbocycles. The van der Waals surface area contributed by atoms with Crippen molar-refractivity contribution in [3.05, 3.63) is 57.6 Å². The van der Waals surface area contributed by atoms with Crippen molar-refractivity contribution in [3.8, 4) is 11.5 Å². The molecule has 0 aromatic heterocycles. The van der Waals surface area contributed by atoms with Crippen LogP contribution in [0.2, 0.25) is 0 Å². The summed E-state index contributed by atoms with van der Waals surface area (Å²) >= 11 is 0. The number of rotatable bonds is 6. The average molecular weight is 535 g/mol. The molecule has 4 nitrogen and oxygen atoms in total. The van der Waals surface area contributed by atoms with Crippen LogP contribution in [-0.4, -0.2) is 35.7 Å². The van der Waals surface area contributed by atoms with Gasteiger partial charge in [-0.2, -0.15) is 0 Å². The van der Waals surface area contributed by atoms with Gasteiger partial charge in [0, 0.05) is 53.2 Å². The Morgan fingerprint density at radius 3 is 1.08 bits per heavy atom. The molecule has 0 radical (unpaired) electrons. The molecule has 0 saturated heterocycles. The third-order valence-electron chi connectivity index (χ3n) is 7.13. The molecule has 2 rings (SSSR count). The van der Waals surface area contributed by atoms with E-state index >= 15 is 0 Å². The minimum absolute atomic E-state index is 0.0347. The van der Waals surface area contributed by atoms with Crippen LogP contribution in [0.4, 0.5) is 0 Å². The Hall–Kier alpha value is -2.62. The van der Waals surface area contributed by atoms with Gasteiger partial charge in [0.1, 0.15) is 11.5 Å². The summed E-state index contributed by atoms with van der Waals surface area (Å²) in [6.07, 6.45) is 3.61. The highest BCUT2D eigenvalue weighted by Gasteiger charge is 2.26. The van der Waals surface area contributed by atoms with Crippen LogP contribution in [0.5, 0.6) is 11.5 Å². The van der Waals surface area contributed by atoms with E-state index in [1.165, 1.54) is 11.1 Å². The minimum atomic E-state index is -0.193. The lowest BCUT2D eigenvalue weighted by Gasteiger charge is -2.27. The molecule has 0 aliphatic rings. The normalized spacial score (nSPS) is 14.1. The lowest BCUT2D eigenvalue weighted by Crippen LogP contribution is -2.20. The van der Waals surface area contributed by atoms with Gasteiger partial charge < -0.3 is 10.2 Å². The second kappa shape index (κ2) is 11.1. The lowest BCUT2D eigenvalue weighted by molar-refractivity contribution is 0.396. The summed E-state index contributed by atoms with van der Waals surface area (Å²) in [5.74, 6) is 0.609. The van der Waals surface area contributed by atoms with E-state index in [-0.39, 0.29) is 27.1 Å². The van der Waals surface area contributed by atoms with Gasteiger partial charge in [0.2, 0.25) is 0 Å². The highest BCUT2D eigenvalue weighted by molar-refractivity contribution is 5.85. The highest BCUT2D eigenvalue weighted by atomic mass is 16.3. The smallest absolute Gasteiger partial charge is 0.128 e. The monoisotopic (exact) mass is 534 g/mol. The van der Waals surface area contributed by atoms with Crippen molar-refractivity contribution < 1.29 is 10.2 Å². The maximum absolute atomic E-state index is 11.1. The zero-order valence-electron chi connectivity index (χ0n) is 27.2. The van der Waals surface area contributed by atoms with E-state index in [0.717, 1.165) is 22.3 Å². The Morgan fingerprint density at radius 1 is 0.513 bits per heavy atom. The van der Waals surface area contributed by atoms with Crippen molar-refractivity contribution in [2.75, 3.05) is 13.1 Å². The Labute approximate surface area is 238 Å². The van der Waals surface area contributed by atoms with E-state index in [0.29, 0.717) is 24.6 Å². The van der Waals surface area contributed by atoms with E-state index < -0.39 is 0 Å². The van der Waals surface area contributed by atoms with E-state index in [2.05, 4.69) is 121 Å². The Balaban J connectivity index is 2.31. The molecule has 216 valence electrons. The van der Waals surface area contributed by atoms with Crippen molar-refractivity contribution in [1.29, 1.82) is 0 Å². The maximum Gasteiger partial charge on any atom is 0.128 e. The molecule has 0 amide bonds. The molecule has 0 unspecified atom stereocenters. The fraction of sp³-hybridized carbons (Fsp3) is 0.600. The third-order valence-corrected chi connectivity index (χ3v) is 7.13. The second-order valence-corrected chi connectivity index (χ2v) is 16.0. The molecular formula is C35H54N2O2. The number of aromatic hydroxyl groups is 2. The van der Waals surface area contributed by atoms with E-state index in [1.807, 2.05) is 0 Å². The number of benzene rings is 2. The first-order valence-corrected chi connectivity index (χ1v) is 14.2. The zero-order valence-corrected chi connectivity index (χ0v) is 27.2. The molecular weight excluding hydrogens is 480 g/mol. The molecule has 0 atom stereocenters. The molecule has 0 bridgehead atoms. The van der Waals surface area contributed by atoms with Crippen molar-refractivity contribution in [2.45, 2.75) is 119 Å². The van der Waals surface area contributed by atoms with Gasteiger partial charge in [0.15, 0.2) is 0 Å². The van der Waals surface area contributed by atoms with Gasteiger partial charge in [0.25, 0.3) is 0 Å². The molecule has 0 aliphatic carbocycles. The average Bonchev–Trinajstić information content (AvgIpc) is 2.72. The fourth-order valence-electron chi connectivity index (χ4n) is 4.35. The number of phenolic OH excluding ortho intramolecular Hbond substituents is 2. The van der Waals surface area contributed by atoms with Crippen LogP contribution in [0.25, 0.3) is 0 Å². The number of aliphatic imine (C=N–C) groups is 2. The van der Waals surface area contributed by atoms with Crippen LogP contribution < -0.4 is 0 Å². The van der Waals surface area contributed by atoms with Crippen LogP contribution in [0.3, 0.4) is 0 Å². The topological polar surface area (TPSA) is 65.2 Å². The third kappa shape index (κ3) is 8.68. The van der Waals surface area contributed by atoms with Crippen molar-refractivity contribution in [3.63, 3.8) is 0 Å². The first kappa shape index (κ1) is 32.6. The van der Waals surface area contributed by atoms with Crippen LogP contribution in [-0.2, 0) is 21.7 Å². The van der Waals surface area contributed by atoms with Crippen LogP contribution >= 0.6 is 0 Å². The van der Waals surface area contributed by atoms with E-state index in [9.17, 15) is 10.2 Å². The summed E-state index contributed by atoms with van der Waals surface area (Å²) in [4.78, 5) is 9.50. The molecule has 0 heterocycles. The molecule has 0 spiro atoms. The zero-order chi connectivity index (χ0) is 30.2. The highest BCUT2D eigenvalue weighted by Crippen LogP contribution is 2.38. The summed E-state index contributed by atoms with van der Waals surface area (Å²) in [6, 6.07) is 8.36. The fourth-order valence-corrected chi connectivity index (χ4v) is 4.35. The summed E-state index contributed by atoms with van der Waals surface area (Å²) in [7, 11) is 0. The maximum atomic E-state index is 11.1. The molecule has 0 fully saturated rings. The largest absolute Gasteiger partial charge is 0.507 e.